The van der Waals surface area contributed by atoms with Crippen molar-refractivity contribution < 1.29 is 9.63 Å². The molecule has 1 fully saturated rings. The third-order valence-electron chi connectivity index (χ3n) is 3.84. The first kappa shape index (κ1) is 13.7. The first-order valence-corrected chi connectivity index (χ1v) is 8.19. The molecule has 0 saturated carbocycles. The maximum atomic E-state index is 10.5. The smallest absolute Gasteiger partial charge is 0.259 e. The van der Waals surface area contributed by atoms with Gasteiger partial charge in [0, 0.05) is 17.1 Å². The standard InChI is InChI=1S/C14H15N5O2S/c1-8-5-9(2)19-12(16-8)10(6-15-19)11-17-13(21-18-11)14(20)3-4-22-7-14/h5-6,20H,3-4,7H2,1-2H3. The van der Waals surface area contributed by atoms with Gasteiger partial charge in [-0.1, -0.05) is 5.16 Å². The van der Waals surface area contributed by atoms with Crippen LogP contribution in [-0.2, 0) is 5.60 Å². The number of aryl methyl sites for hydroxylation is 2. The molecule has 0 spiro atoms. The van der Waals surface area contributed by atoms with Crippen molar-refractivity contribution in [1.82, 2.24) is 24.7 Å². The van der Waals surface area contributed by atoms with Crippen LogP contribution < -0.4 is 0 Å². The topological polar surface area (TPSA) is 89.3 Å². The minimum atomic E-state index is -1.02. The second kappa shape index (κ2) is 4.79. The third kappa shape index (κ3) is 2.02. The van der Waals surface area contributed by atoms with Gasteiger partial charge in [-0.2, -0.15) is 21.8 Å². The average molecular weight is 317 g/mol. The van der Waals surface area contributed by atoms with Crippen LogP contribution in [0.5, 0.6) is 0 Å². The van der Waals surface area contributed by atoms with Crippen LogP contribution in [0.2, 0.25) is 0 Å². The second-order valence-corrected chi connectivity index (χ2v) is 6.70. The fourth-order valence-electron chi connectivity index (χ4n) is 2.67. The van der Waals surface area contributed by atoms with E-state index in [1.165, 1.54) is 0 Å². The van der Waals surface area contributed by atoms with Crippen LogP contribution in [0, 0.1) is 13.8 Å². The zero-order valence-electron chi connectivity index (χ0n) is 12.3. The molecule has 4 rings (SSSR count). The number of aliphatic hydroxyl groups is 1. The normalized spacial score (nSPS) is 21.8. The van der Waals surface area contributed by atoms with E-state index in [0.29, 0.717) is 29.2 Å². The lowest BCUT2D eigenvalue weighted by atomic mass is 10.0. The predicted octanol–water partition coefficient (Wildman–Crippen LogP) is 1.72. The molecule has 0 radical (unpaired) electrons. The Morgan fingerprint density at radius 2 is 2.23 bits per heavy atom. The van der Waals surface area contributed by atoms with Crippen molar-refractivity contribution in [3.63, 3.8) is 0 Å². The van der Waals surface area contributed by atoms with Gasteiger partial charge in [-0.05, 0) is 32.1 Å². The van der Waals surface area contributed by atoms with Gasteiger partial charge in [0.2, 0.25) is 5.82 Å². The molecule has 0 aromatic carbocycles. The summed E-state index contributed by atoms with van der Waals surface area (Å²) in [6, 6.07) is 1.96. The minimum Gasteiger partial charge on any atom is -0.379 e. The number of aromatic nitrogens is 5. The zero-order valence-corrected chi connectivity index (χ0v) is 13.1. The molecule has 1 saturated heterocycles. The van der Waals surface area contributed by atoms with E-state index in [9.17, 15) is 5.11 Å². The molecule has 1 atom stereocenters. The Bertz CT molecular complexity index is 850. The molecule has 1 aliphatic heterocycles. The number of rotatable bonds is 2. The number of nitrogens with zero attached hydrogens (tertiary/aromatic N) is 5. The van der Waals surface area contributed by atoms with E-state index in [2.05, 4.69) is 20.2 Å². The van der Waals surface area contributed by atoms with Crippen molar-refractivity contribution >= 4 is 17.4 Å². The van der Waals surface area contributed by atoms with Crippen molar-refractivity contribution in [3.05, 3.63) is 29.5 Å². The van der Waals surface area contributed by atoms with Gasteiger partial charge in [0.05, 0.1) is 11.8 Å². The first-order valence-electron chi connectivity index (χ1n) is 7.03. The number of hydrogen-bond acceptors (Lipinski definition) is 7. The summed E-state index contributed by atoms with van der Waals surface area (Å²) in [5.41, 5.74) is 2.27. The van der Waals surface area contributed by atoms with Crippen LogP contribution in [0.3, 0.4) is 0 Å². The Morgan fingerprint density at radius 1 is 1.36 bits per heavy atom. The van der Waals surface area contributed by atoms with Gasteiger partial charge in [0.15, 0.2) is 11.2 Å². The number of thioether (sulfide) groups is 1. The molecule has 8 heteroatoms. The Kier molecular flexibility index (Phi) is 2.98. The maximum Gasteiger partial charge on any atom is 0.259 e. The first-order chi connectivity index (χ1) is 10.6. The van der Waals surface area contributed by atoms with Crippen LogP contribution in [0.4, 0.5) is 0 Å². The van der Waals surface area contributed by atoms with Crippen molar-refractivity contribution in [1.29, 1.82) is 0 Å². The summed E-state index contributed by atoms with van der Waals surface area (Å²) in [5.74, 6) is 2.16. The highest BCUT2D eigenvalue weighted by Gasteiger charge is 2.39. The molecule has 4 heterocycles. The van der Waals surface area contributed by atoms with E-state index in [4.69, 9.17) is 4.52 Å². The highest BCUT2D eigenvalue weighted by Crippen LogP contribution is 2.36. The molecule has 3 aromatic heterocycles. The minimum absolute atomic E-state index is 0.274. The fourth-order valence-corrected chi connectivity index (χ4v) is 3.90. The van der Waals surface area contributed by atoms with Crippen LogP contribution in [-0.4, -0.2) is 41.4 Å². The predicted molar refractivity (Wildman–Crippen MR) is 81.6 cm³/mol. The summed E-state index contributed by atoms with van der Waals surface area (Å²) < 4.78 is 7.04. The van der Waals surface area contributed by atoms with Crippen LogP contribution in [0.25, 0.3) is 17.0 Å². The molecular weight excluding hydrogens is 302 g/mol. The highest BCUT2D eigenvalue weighted by atomic mass is 32.2. The molecule has 3 aromatic rings. The van der Waals surface area contributed by atoms with Gasteiger partial charge in [0.25, 0.3) is 5.89 Å². The van der Waals surface area contributed by atoms with Crippen LogP contribution in [0.15, 0.2) is 16.8 Å². The quantitative estimate of drug-likeness (QED) is 0.769. The summed E-state index contributed by atoms with van der Waals surface area (Å²) >= 11 is 1.68. The van der Waals surface area contributed by atoms with Gasteiger partial charge in [-0.3, -0.25) is 0 Å². The van der Waals surface area contributed by atoms with Crippen molar-refractivity contribution in [2.75, 3.05) is 11.5 Å². The van der Waals surface area contributed by atoms with E-state index in [-0.39, 0.29) is 5.89 Å². The molecule has 1 aliphatic rings. The monoisotopic (exact) mass is 317 g/mol. The average Bonchev–Trinajstić information content (AvgIpc) is 3.16. The molecule has 1 unspecified atom stereocenters. The number of fused-ring (bicyclic) bond motifs is 1. The van der Waals surface area contributed by atoms with Gasteiger partial charge < -0.3 is 9.63 Å². The van der Waals surface area contributed by atoms with E-state index < -0.39 is 5.60 Å². The summed E-state index contributed by atoms with van der Waals surface area (Å²) in [4.78, 5) is 8.89. The zero-order chi connectivity index (χ0) is 15.3. The van der Waals surface area contributed by atoms with Crippen molar-refractivity contribution in [3.8, 4) is 11.4 Å². The summed E-state index contributed by atoms with van der Waals surface area (Å²) in [5, 5.41) is 18.9. The SMILES string of the molecule is Cc1cc(C)n2ncc(-c3noc(C4(O)CCSC4)n3)c2n1. The molecule has 22 heavy (non-hydrogen) atoms. The summed E-state index contributed by atoms with van der Waals surface area (Å²) in [7, 11) is 0. The Morgan fingerprint density at radius 3 is 3.00 bits per heavy atom. The molecule has 0 amide bonds. The Labute approximate surface area is 130 Å². The van der Waals surface area contributed by atoms with Gasteiger partial charge in [-0.25, -0.2) is 9.50 Å². The summed E-state index contributed by atoms with van der Waals surface area (Å²) in [6.07, 6.45) is 2.31. The molecule has 114 valence electrons. The van der Waals surface area contributed by atoms with E-state index in [1.54, 1.807) is 22.5 Å². The molecular formula is C14H15N5O2S. The van der Waals surface area contributed by atoms with Crippen LogP contribution >= 0.6 is 11.8 Å². The fraction of sp³-hybridized carbons (Fsp3) is 0.429. The van der Waals surface area contributed by atoms with E-state index >= 15 is 0 Å². The lowest BCUT2D eigenvalue weighted by molar-refractivity contribution is 0.0307. The molecule has 7 nitrogen and oxygen atoms in total. The van der Waals surface area contributed by atoms with Crippen molar-refractivity contribution in [2.24, 2.45) is 0 Å². The van der Waals surface area contributed by atoms with Gasteiger partial charge in [-0.15, -0.1) is 0 Å². The highest BCUT2D eigenvalue weighted by molar-refractivity contribution is 7.99. The second-order valence-electron chi connectivity index (χ2n) is 5.59. The lowest BCUT2D eigenvalue weighted by Crippen LogP contribution is -2.25. The van der Waals surface area contributed by atoms with Gasteiger partial charge >= 0.3 is 0 Å². The van der Waals surface area contributed by atoms with E-state index in [0.717, 1.165) is 17.1 Å². The maximum absolute atomic E-state index is 10.5. The molecule has 0 aliphatic carbocycles. The third-order valence-corrected chi connectivity index (χ3v) is 5.02. The van der Waals surface area contributed by atoms with Crippen molar-refractivity contribution in [2.45, 2.75) is 25.9 Å². The Hall–Kier alpha value is -1.93. The van der Waals surface area contributed by atoms with Gasteiger partial charge in [0.1, 0.15) is 0 Å². The molecule has 1 N–H and O–H groups in total. The van der Waals surface area contributed by atoms with Crippen LogP contribution in [0.1, 0.15) is 23.7 Å². The van der Waals surface area contributed by atoms with E-state index in [1.807, 2.05) is 19.9 Å². The lowest BCUT2D eigenvalue weighted by Gasteiger charge is -2.14. The summed E-state index contributed by atoms with van der Waals surface area (Å²) in [6.45, 7) is 3.91. The largest absolute Gasteiger partial charge is 0.379 e. The molecule has 0 bridgehead atoms. The Balaban J connectivity index is 1.81. The number of hydrogen-bond donors (Lipinski definition) is 1.